The van der Waals surface area contributed by atoms with Crippen LogP contribution in [0, 0.1) is 0 Å². The maximum Gasteiger partial charge on any atom is 0.236 e. The highest BCUT2D eigenvalue weighted by Gasteiger charge is 2.16. The van der Waals surface area contributed by atoms with Crippen LogP contribution in [-0.4, -0.2) is 31.4 Å². The van der Waals surface area contributed by atoms with Crippen LogP contribution in [0.2, 0.25) is 10.0 Å². The molecule has 4 rings (SSSR count). The Bertz CT molecular complexity index is 1250. The molecular weight excluding hydrogens is 485 g/mol. The monoisotopic (exact) mass is 501 g/mol. The number of halogens is 2. The van der Waals surface area contributed by atoms with Crippen LogP contribution in [0.3, 0.4) is 0 Å². The number of carbonyl (C=O) groups is 1. The topological polar surface area (TPSA) is 72.7 Å². The number of rotatable bonds is 8. The number of thioether (sulfide) groups is 1. The normalized spacial score (nSPS) is 10.8. The van der Waals surface area contributed by atoms with Gasteiger partial charge in [-0.2, -0.15) is 0 Å². The van der Waals surface area contributed by atoms with Crippen molar-refractivity contribution in [1.82, 2.24) is 19.7 Å². The zero-order valence-corrected chi connectivity index (χ0v) is 19.8. The highest BCUT2D eigenvalue weighted by Crippen LogP contribution is 2.28. The minimum absolute atomic E-state index is 0.167. The highest BCUT2D eigenvalue weighted by atomic mass is 35.5. The molecule has 6 nitrogen and oxygen atoms in total. The van der Waals surface area contributed by atoms with Crippen molar-refractivity contribution >= 4 is 57.3 Å². The molecule has 2 heterocycles. The fourth-order valence-electron chi connectivity index (χ4n) is 2.90. The fraction of sp³-hybridized carbons (Fsp3) is 0.0909. The molecule has 0 aliphatic heterocycles. The first-order chi connectivity index (χ1) is 15.5. The minimum Gasteiger partial charge on any atom is -0.301 e. The number of anilines is 1. The van der Waals surface area contributed by atoms with Crippen LogP contribution in [0.15, 0.2) is 71.7 Å². The maximum absolute atomic E-state index is 12.5. The number of nitrogens with zero attached hydrogens (tertiary/aromatic N) is 4. The Morgan fingerprint density at radius 3 is 2.69 bits per heavy atom. The number of benzene rings is 2. The Balaban J connectivity index is 1.42. The molecule has 0 saturated carbocycles. The molecule has 1 N–H and O–H groups in total. The summed E-state index contributed by atoms with van der Waals surface area (Å²) < 4.78 is 1.90. The van der Waals surface area contributed by atoms with Gasteiger partial charge in [0.15, 0.2) is 16.1 Å². The number of hydrogen-bond acceptors (Lipinski definition) is 6. The first kappa shape index (κ1) is 22.5. The van der Waals surface area contributed by atoms with Crippen molar-refractivity contribution in [3.05, 3.63) is 76.6 Å². The van der Waals surface area contributed by atoms with E-state index in [9.17, 15) is 4.79 Å². The zero-order valence-electron chi connectivity index (χ0n) is 16.7. The van der Waals surface area contributed by atoms with E-state index < -0.39 is 0 Å². The van der Waals surface area contributed by atoms with Gasteiger partial charge in [0, 0.05) is 33.1 Å². The molecule has 0 atom stereocenters. The zero-order chi connectivity index (χ0) is 22.5. The second-order valence-corrected chi connectivity index (χ2v) is 9.27. The highest BCUT2D eigenvalue weighted by molar-refractivity contribution is 7.99. The van der Waals surface area contributed by atoms with Crippen LogP contribution < -0.4 is 5.32 Å². The van der Waals surface area contributed by atoms with E-state index in [1.165, 1.54) is 23.1 Å². The van der Waals surface area contributed by atoms with E-state index in [0.717, 1.165) is 16.8 Å². The lowest BCUT2D eigenvalue weighted by molar-refractivity contribution is -0.113. The summed E-state index contributed by atoms with van der Waals surface area (Å²) >= 11 is 14.7. The molecule has 2 aromatic carbocycles. The number of thiazole rings is 1. The van der Waals surface area contributed by atoms with Crippen molar-refractivity contribution in [2.24, 2.45) is 0 Å². The summed E-state index contributed by atoms with van der Waals surface area (Å²) in [5.41, 5.74) is 2.57. The summed E-state index contributed by atoms with van der Waals surface area (Å²) in [4.78, 5) is 17.0. The first-order valence-electron chi connectivity index (χ1n) is 9.47. The standard InChI is InChI=1S/C22H17Cl2N5OS2/c1-2-10-29-20(15-4-3-5-17(24)11-15)27-28-22(29)32-13-19(30)26-21-25-18(12-31-21)14-6-8-16(23)9-7-14/h2-9,11-12H,1,10,13H2,(H,25,26,30). The van der Waals surface area contributed by atoms with Gasteiger partial charge in [-0.1, -0.05) is 65.3 Å². The number of amides is 1. The van der Waals surface area contributed by atoms with Crippen LogP contribution in [-0.2, 0) is 11.3 Å². The van der Waals surface area contributed by atoms with Crippen LogP contribution in [0.5, 0.6) is 0 Å². The minimum atomic E-state index is -0.176. The quantitative estimate of drug-likeness (QED) is 0.226. The molecule has 0 spiro atoms. The average molecular weight is 502 g/mol. The number of nitrogens with one attached hydrogen (secondary N) is 1. The Hall–Kier alpha value is -2.65. The van der Waals surface area contributed by atoms with Gasteiger partial charge in [-0.3, -0.25) is 9.36 Å². The number of allylic oxidation sites excluding steroid dienone is 1. The van der Waals surface area contributed by atoms with Gasteiger partial charge >= 0.3 is 0 Å². The van der Waals surface area contributed by atoms with Gasteiger partial charge in [0.2, 0.25) is 5.91 Å². The van der Waals surface area contributed by atoms with E-state index in [1.807, 2.05) is 52.4 Å². The molecule has 0 bridgehead atoms. The lowest BCUT2D eigenvalue weighted by Gasteiger charge is -2.08. The first-order valence-corrected chi connectivity index (χ1v) is 12.1. The number of aromatic nitrogens is 4. The van der Waals surface area contributed by atoms with Gasteiger partial charge in [-0.25, -0.2) is 4.98 Å². The molecule has 0 fully saturated rings. The van der Waals surface area contributed by atoms with Crippen molar-refractivity contribution in [3.63, 3.8) is 0 Å². The summed E-state index contributed by atoms with van der Waals surface area (Å²) in [7, 11) is 0. The molecule has 0 aliphatic carbocycles. The van der Waals surface area contributed by atoms with Crippen molar-refractivity contribution in [2.75, 3.05) is 11.1 Å². The van der Waals surface area contributed by atoms with Gasteiger partial charge in [-0.15, -0.1) is 28.1 Å². The average Bonchev–Trinajstić information content (AvgIpc) is 3.40. The van der Waals surface area contributed by atoms with Crippen LogP contribution >= 0.6 is 46.3 Å². The van der Waals surface area contributed by atoms with E-state index in [-0.39, 0.29) is 11.7 Å². The molecule has 0 radical (unpaired) electrons. The van der Waals surface area contributed by atoms with Crippen molar-refractivity contribution < 1.29 is 4.79 Å². The van der Waals surface area contributed by atoms with Crippen molar-refractivity contribution in [1.29, 1.82) is 0 Å². The molecule has 162 valence electrons. The maximum atomic E-state index is 12.5. The SMILES string of the molecule is C=CCn1c(SCC(=O)Nc2nc(-c3ccc(Cl)cc3)cs2)nnc1-c1cccc(Cl)c1. The molecule has 0 saturated heterocycles. The van der Waals surface area contributed by atoms with E-state index in [2.05, 4.69) is 27.1 Å². The summed E-state index contributed by atoms with van der Waals surface area (Å²) in [5, 5.41) is 15.7. The molecule has 0 unspecified atom stereocenters. The van der Waals surface area contributed by atoms with Gasteiger partial charge in [0.25, 0.3) is 0 Å². The molecule has 10 heteroatoms. The third-order valence-electron chi connectivity index (χ3n) is 4.33. The Morgan fingerprint density at radius 2 is 1.94 bits per heavy atom. The molecule has 2 aromatic heterocycles. The summed E-state index contributed by atoms with van der Waals surface area (Å²) in [6.07, 6.45) is 1.76. The van der Waals surface area contributed by atoms with Crippen LogP contribution in [0.1, 0.15) is 0 Å². The predicted molar refractivity (Wildman–Crippen MR) is 133 cm³/mol. The van der Waals surface area contributed by atoms with Gasteiger partial charge in [-0.05, 0) is 24.3 Å². The number of hydrogen-bond donors (Lipinski definition) is 1. The van der Waals surface area contributed by atoms with Crippen molar-refractivity contribution in [3.8, 4) is 22.6 Å². The van der Waals surface area contributed by atoms with Gasteiger partial charge < -0.3 is 5.32 Å². The molecule has 1 amide bonds. The largest absolute Gasteiger partial charge is 0.301 e. The molecular formula is C22H17Cl2N5OS2. The van der Waals surface area contributed by atoms with Crippen molar-refractivity contribution in [2.45, 2.75) is 11.7 Å². The van der Waals surface area contributed by atoms with Gasteiger partial charge in [0.1, 0.15) is 0 Å². The molecule has 32 heavy (non-hydrogen) atoms. The Kier molecular flexibility index (Phi) is 7.26. The summed E-state index contributed by atoms with van der Waals surface area (Å²) in [5.74, 6) is 0.660. The second kappa shape index (κ2) is 10.3. The predicted octanol–water partition coefficient (Wildman–Crippen LogP) is 6.29. The molecule has 0 aliphatic rings. The summed E-state index contributed by atoms with van der Waals surface area (Å²) in [6.45, 7) is 4.32. The van der Waals surface area contributed by atoms with E-state index in [4.69, 9.17) is 23.2 Å². The lowest BCUT2D eigenvalue weighted by Crippen LogP contribution is -2.14. The van der Waals surface area contributed by atoms with E-state index in [0.29, 0.717) is 32.7 Å². The van der Waals surface area contributed by atoms with Crippen LogP contribution in [0.25, 0.3) is 22.6 Å². The van der Waals surface area contributed by atoms with E-state index >= 15 is 0 Å². The third-order valence-corrected chi connectivity index (χ3v) is 6.55. The molecule has 4 aromatic rings. The second-order valence-electron chi connectivity index (χ2n) is 6.60. The Labute approximate surface area is 203 Å². The van der Waals surface area contributed by atoms with Crippen LogP contribution in [0.4, 0.5) is 5.13 Å². The smallest absolute Gasteiger partial charge is 0.236 e. The van der Waals surface area contributed by atoms with Gasteiger partial charge in [0.05, 0.1) is 11.4 Å². The Morgan fingerprint density at radius 1 is 1.12 bits per heavy atom. The van der Waals surface area contributed by atoms with E-state index in [1.54, 1.807) is 12.1 Å². The number of carbonyl (C=O) groups excluding carboxylic acids is 1. The third kappa shape index (κ3) is 5.39. The lowest BCUT2D eigenvalue weighted by atomic mass is 10.2. The fourth-order valence-corrected chi connectivity index (χ4v) is 4.70. The summed E-state index contributed by atoms with van der Waals surface area (Å²) in [6, 6.07) is 14.8.